The lowest BCUT2D eigenvalue weighted by Crippen LogP contribution is -2.27. The molecule has 0 bridgehead atoms. The van der Waals surface area contributed by atoms with Gasteiger partial charge >= 0.3 is 12.1 Å². The van der Waals surface area contributed by atoms with Crippen LogP contribution in [0.2, 0.25) is 0 Å². The minimum atomic E-state index is -0.621. The molecule has 1 aliphatic heterocycles. The van der Waals surface area contributed by atoms with E-state index in [0.717, 1.165) is 52.5 Å². The standard InChI is InChI=1S/C28H30N4O4/c1-17-7-6-12-31(17)24-16-29-22-10-8-19(26(33)35-5)14-21(22)25(24)18-9-11-23-20(13-18)15-30-32(23)27(34)36-28(2,3)4/h8-11,13-17H,6-7,12H2,1-5H3/t17-/m0/s1. The van der Waals surface area contributed by atoms with E-state index in [-0.39, 0.29) is 0 Å². The number of benzene rings is 2. The number of carbonyl (C=O) groups excluding carboxylic acids is 2. The van der Waals surface area contributed by atoms with Gasteiger partial charge < -0.3 is 14.4 Å². The molecule has 0 spiro atoms. The van der Waals surface area contributed by atoms with Crippen LogP contribution in [0, 0.1) is 0 Å². The highest BCUT2D eigenvalue weighted by Gasteiger charge is 2.26. The first-order chi connectivity index (χ1) is 17.2. The summed E-state index contributed by atoms with van der Waals surface area (Å²) in [5, 5.41) is 5.98. The average molecular weight is 487 g/mol. The number of esters is 1. The van der Waals surface area contributed by atoms with Crippen LogP contribution in [-0.4, -0.2) is 52.1 Å². The smallest absolute Gasteiger partial charge is 0.435 e. The maximum Gasteiger partial charge on any atom is 0.435 e. The fourth-order valence-electron chi connectivity index (χ4n) is 4.88. The number of pyridine rings is 1. The van der Waals surface area contributed by atoms with Gasteiger partial charge in [-0.15, -0.1) is 0 Å². The Labute approximate surface area is 209 Å². The SMILES string of the molecule is COC(=O)c1ccc2ncc(N3CCC[C@@H]3C)c(-c3ccc4c(cnn4C(=O)OC(C)(C)C)c3)c2c1. The first kappa shape index (κ1) is 23.8. The average Bonchev–Trinajstić information content (AvgIpc) is 3.47. The first-order valence-corrected chi connectivity index (χ1v) is 12.2. The Bertz CT molecular complexity index is 1480. The summed E-state index contributed by atoms with van der Waals surface area (Å²) in [5.74, 6) is -0.392. The van der Waals surface area contributed by atoms with Gasteiger partial charge in [0.2, 0.25) is 0 Å². The molecule has 8 heteroatoms. The molecule has 1 atom stereocenters. The summed E-state index contributed by atoms with van der Waals surface area (Å²) in [6, 6.07) is 11.7. The van der Waals surface area contributed by atoms with Crippen LogP contribution >= 0.6 is 0 Å². The number of fused-ring (bicyclic) bond motifs is 2. The van der Waals surface area contributed by atoms with Crippen LogP contribution in [0.4, 0.5) is 10.5 Å². The Hall–Kier alpha value is -3.94. The van der Waals surface area contributed by atoms with Crippen molar-refractivity contribution in [1.82, 2.24) is 14.8 Å². The molecule has 4 aromatic rings. The Balaban J connectivity index is 1.69. The van der Waals surface area contributed by atoms with Crippen LogP contribution in [0.1, 0.15) is 50.9 Å². The van der Waals surface area contributed by atoms with Crippen molar-refractivity contribution in [3.8, 4) is 11.1 Å². The number of carbonyl (C=O) groups is 2. The van der Waals surface area contributed by atoms with Gasteiger partial charge in [-0.05, 0) is 76.4 Å². The van der Waals surface area contributed by atoms with Crippen LogP contribution in [-0.2, 0) is 9.47 Å². The van der Waals surface area contributed by atoms with E-state index in [9.17, 15) is 9.59 Å². The molecule has 0 amide bonds. The summed E-state index contributed by atoms with van der Waals surface area (Å²) in [5.41, 5.74) is 4.27. The van der Waals surface area contributed by atoms with Crippen molar-refractivity contribution < 1.29 is 19.1 Å². The second-order valence-corrected chi connectivity index (χ2v) is 10.2. The van der Waals surface area contributed by atoms with Gasteiger partial charge in [-0.2, -0.15) is 9.78 Å². The molecule has 2 aromatic heterocycles. The van der Waals surface area contributed by atoms with Crippen LogP contribution in [0.25, 0.3) is 32.9 Å². The maximum atomic E-state index is 12.7. The third-order valence-corrected chi connectivity index (χ3v) is 6.55. The molecule has 0 unspecified atom stereocenters. The molecular weight excluding hydrogens is 456 g/mol. The number of anilines is 1. The van der Waals surface area contributed by atoms with Crippen LogP contribution < -0.4 is 4.90 Å². The van der Waals surface area contributed by atoms with Gasteiger partial charge in [-0.25, -0.2) is 9.59 Å². The van der Waals surface area contributed by atoms with Gasteiger partial charge in [0.1, 0.15) is 5.60 Å². The van der Waals surface area contributed by atoms with E-state index in [1.807, 2.05) is 57.3 Å². The Morgan fingerprint density at radius 3 is 2.58 bits per heavy atom. The minimum Gasteiger partial charge on any atom is -0.465 e. The summed E-state index contributed by atoms with van der Waals surface area (Å²) >= 11 is 0. The number of methoxy groups -OCH3 is 1. The quantitative estimate of drug-likeness (QED) is 0.338. The van der Waals surface area contributed by atoms with E-state index < -0.39 is 17.7 Å². The monoisotopic (exact) mass is 486 g/mol. The second-order valence-electron chi connectivity index (χ2n) is 10.2. The summed E-state index contributed by atoms with van der Waals surface area (Å²) in [4.78, 5) is 32.1. The molecule has 186 valence electrons. The molecule has 5 rings (SSSR count). The van der Waals surface area contributed by atoms with Crippen molar-refractivity contribution in [2.75, 3.05) is 18.6 Å². The molecule has 8 nitrogen and oxygen atoms in total. The van der Waals surface area contributed by atoms with Gasteiger partial charge in [0.15, 0.2) is 0 Å². The lowest BCUT2D eigenvalue weighted by molar-refractivity contribution is 0.0521. The number of aromatic nitrogens is 3. The molecule has 1 aliphatic rings. The van der Waals surface area contributed by atoms with E-state index in [1.54, 1.807) is 12.3 Å². The number of rotatable bonds is 3. The largest absolute Gasteiger partial charge is 0.465 e. The van der Waals surface area contributed by atoms with Crippen LogP contribution in [0.3, 0.4) is 0 Å². The van der Waals surface area contributed by atoms with Gasteiger partial charge in [0.25, 0.3) is 0 Å². The van der Waals surface area contributed by atoms with Gasteiger partial charge in [-0.1, -0.05) is 6.07 Å². The zero-order chi connectivity index (χ0) is 25.6. The highest BCUT2D eigenvalue weighted by atomic mass is 16.6. The van der Waals surface area contributed by atoms with Gasteiger partial charge in [-0.3, -0.25) is 4.98 Å². The summed E-state index contributed by atoms with van der Waals surface area (Å²) in [6.07, 6.45) is 5.30. The Kier molecular flexibility index (Phi) is 5.90. The number of ether oxygens (including phenoxy) is 2. The molecule has 0 saturated carbocycles. The number of hydrogen-bond donors (Lipinski definition) is 0. The zero-order valence-electron chi connectivity index (χ0n) is 21.2. The van der Waals surface area contributed by atoms with Crippen molar-refractivity contribution in [2.24, 2.45) is 0 Å². The number of hydrogen-bond acceptors (Lipinski definition) is 7. The molecule has 1 saturated heterocycles. The summed E-state index contributed by atoms with van der Waals surface area (Å²) in [6.45, 7) is 8.64. The lowest BCUT2D eigenvalue weighted by Gasteiger charge is -2.27. The Morgan fingerprint density at radius 1 is 1.08 bits per heavy atom. The fraction of sp³-hybridized carbons (Fsp3) is 0.357. The maximum absolute atomic E-state index is 12.7. The zero-order valence-corrected chi connectivity index (χ0v) is 21.2. The van der Waals surface area contributed by atoms with E-state index in [4.69, 9.17) is 14.5 Å². The van der Waals surface area contributed by atoms with Gasteiger partial charge in [0, 0.05) is 28.9 Å². The highest BCUT2D eigenvalue weighted by Crippen LogP contribution is 2.40. The van der Waals surface area contributed by atoms with Crippen molar-refractivity contribution in [3.63, 3.8) is 0 Å². The molecule has 0 aliphatic carbocycles. The third-order valence-electron chi connectivity index (χ3n) is 6.55. The highest BCUT2D eigenvalue weighted by molar-refractivity contribution is 6.05. The van der Waals surface area contributed by atoms with Crippen molar-refractivity contribution in [3.05, 3.63) is 54.4 Å². The van der Waals surface area contributed by atoms with E-state index in [1.165, 1.54) is 11.8 Å². The summed E-state index contributed by atoms with van der Waals surface area (Å²) in [7, 11) is 1.38. The number of nitrogens with zero attached hydrogens (tertiary/aromatic N) is 4. The first-order valence-electron chi connectivity index (χ1n) is 12.2. The van der Waals surface area contributed by atoms with E-state index >= 15 is 0 Å². The molecule has 1 fully saturated rings. The van der Waals surface area contributed by atoms with Crippen molar-refractivity contribution in [1.29, 1.82) is 0 Å². The molecule has 3 heterocycles. The van der Waals surface area contributed by atoms with Crippen molar-refractivity contribution >= 4 is 39.6 Å². The van der Waals surface area contributed by atoms with Crippen LogP contribution in [0.15, 0.2) is 48.8 Å². The normalized spacial score (nSPS) is 16.0. The molecule has 2 aromatic carbocycles. The minimum absolute atomic E-state index is 0.380. The second kappa shape index (κ2) is 8.93. The van der Waals surface area contributed by atoms with Crippen molar-refractivity contribution in [2.45, 2.75) is 52.2 Å². The molecule has 36 heavy (non-hydrogen) atoms. The van der Waals surface area contributed by atoms with E-state index in [2.05, 4.69) is 16.9 Å². The molecule has 0 radical (unpaired) electrons. The predicted molar refractivity (Wildman–Crippen MR) is 139 cm³/mol. The van der Waals surface area contributed by atoms with Crippen LogP contribution in [0.5, 0.6) is 0 Å². The Morgan fingerprint density at radius 2 is 1.89 bits per heavy atom. The third kappa shape index (κ3) is 4.27. The topological polar surface area (TPSA) is 86.5 Å². The van der Waals surface area contributed by atoms with Gasteiger partial charge in [0.05, 0.1) is 41.8 Å². The molecule has 0 N–H and O–H groups in total. The predicted octanol–water partition coefficient (Wildman–Crippen LogP) is 5.81. The summed E-state index contributed by atoms with van der Waals surface area (Å²) < 4.78 is 11.8. The fourth-order valence-corrected chi connectivity index (χ4v) is 4.88. The molecular formula is C28H30N4O4. The van der Waals surface area contributed by atoms with E-state index in [0.29, 0.717) is 17.1 Å². The lowest BCUT2D eigenvalue weighted by atomic mass is 9.96.